The van der Waals surface area contributed by atoms with Gasteiger partial charge < -0.3 is 20.3 Å². The number of rotatable bonds is 4. The minimum absolute atomic E-state index is 0.186. The highest BCUT2D eigenvalue weighted by molar-refractivity contribution is 7.20. The summed E-state index contributed by atoms with van der Waals surface area (Å²) in [7, 11) is 3.65. The average molecular weight is 320 g/mol. The first kappa shape index (κ1) is 14.7. The maximum absolute atomic E-state index is 12.1. The van der Waals surface area contributed by atoms with Gasteiger partial charge in [0.25, 0.3) is 5.91 Å². The number of carbonyl (C=O) groups is 1. The minimum atomic E-state index is -0.601. The van der Waals surface area contributed by atoms with Crippen LogP contribution in [0.15, 0.2) is 6.33 Å². The molecular formula is C13H16N6O2S. The molecule has 1 unspecified atom stereocenters. The van der Waals surface area contributed by atoms with Gasteiger partial charge in [-0.05, 0) is 6.92 Å². The number of carbonyl (C=O) groups excluding carboxylic acids is 1. The number of amides is 1. The van der Waals surface area contributed by atoms with Crippen LogP contribution in [0.3, 0.4) is 0 Å². The van der Waals surface area contributed by atoms with E-state index in [0.29, 0.717) is 21.2 Å². The zero-order chi connectivity index (χ0) is 15.9. The molecule has 3 N–H and O–H groups in total. The number of aryl methyl sites for hydroxylation is 1. The number of anilines is 1. The predicted octanol–water partition coefficient (Wildman–Crippen LogP) is 0.730. The Labute approximate surface area is 130 Å². The SMILES string of the molecule is CNc1nc2sc(C(=O)NCC(C)O)nc2c2c1ncn2C. The molecule has 1 atom stereocenters. The lowest BCUT2D eigenvalue weighted by Gasteiger charge is -2.04. The monoisotopic (exact) mass is 320 g/mol. The third-order valence-electron chi connectivity index (χ3n) is 3.20. The Hall–Kier alpha value is -2.26. The maximum atomic E-state index is 12.1. The van der Waals surface area contributed by atoms with Crippen molar-refractivity contribution in [1.82, 2.24) is 24.8 Å². The molecule has 3 rings (SSSR count). The lowest BCUT2D eigenvalue weighted by molar-refractivity contribution is 0.0924. The third kappa shape index (κ3) is 2.38. The van der Waals surface area contributed by atoms with Crippen LogP contribution in [0.2, 0.25) is 0 Å². The minimum Gasteiger partial charge on any atom is -0.392 e. The Balaban J connectivity index is 2.11. The van der Waals surface area contributed by atoms with E-state index >= 15 is 0 Å². The molecule has 9 heteroatoms. The molecule has 0 aromatic carbocycles. The van der Waals surface area contributed by atoms with Crippen LogP contribution >= 0.6 is 11.3 Å². The molecule has 0 saturated carbocycles. The van der Waals surface area contributed by atoms with Gasteiger partial charge in [0.1, 0.15) is 21.4 Å². The van der Waals surface area contributed by atoms with E-state index in [1.54, 1.807) is 20.3 Å². The summed E-state index contributed by atoms with van der Waals surface area (Å²) in [6, 6.07) is 0. The number of aliphatic hydroxyl groups excluding tert-OH is 1. The van der Waals surface area contributed by atoms with Crippen LogP contribution in [0.5, 0.6) is 0 Å². The number of hydrogen-bond acceptors (Lipinski definition) is 7. The molecule has 3 aromatic heterocycles. The van der Waals surface area contributed by atoms with Crippen molar-refractivity contribution in [2.24, 2.45) is 7.05 Å². The molecule has 8 nitrogen and oxygen atoms in total. The van der Waals surface area contributed by atoms with E-state index in [4.69, 9.17) is 0 Å². The quantitative estimate of drug-likeness (QED) is 0.654. The first-order valence-corrected chi connectivity index (χ1v) is 7.58. The van der Waals surface area contributed by atoms with Gasteiger partial charge in [-0.3, -0.25) is 4.79 Å². The molecule has 0 spiro atoms. The fraction of sp³-hybridized carbons (Fsp3) is 0.385. The summed E-state index contributed by atoms with van der Waals surface area (Å²) in [4.78, 5) is 26.0. The van der Waals surface area contributed by atoms with Crippen LogP contribution in [-0.2, 0) is 7.05 Å². The van der Waals surface area contributed by atoms with Gasteiger partial charge in [0, 0.05) is 20.6 Å². The summed E-state index contributed by atoms with van der Waals surface area (Å²) in [6.45, 7) is 1.80. The Bertz CT molecular complexity index is 853. The highest BCUT2D eigenvalue weighted by atomic mass is 32.1. The molecule has 0 aliphatic rings. The van der Waals surface area contributed by atoms with Crippen molar-refractivity contribution in [1.29, 1.82) is 0 Å². The van der Waals surface area contributed by atoms with Gasteiger partial charge in [0.2, 0.25) is 0 Å². The fourth-order valence-electron chi connectivity index (χ4n) is 2.17. The normalized spacial score (nSPS) is 12.7. The van der Waals surface area contributed by atoms with Gasteiger partial charge in [-0.25, -0.2) is 15.0 Å². The molecule has 0 aliphatic heterocycles. The number of aliphatic hydroxyl groups is 1. The molecular weight excluding hydrogens is 304 g/mol. The summed E-state index contributed by atoms with van der Waals surface area (Å²) in [5.41, 5.74) is 2.21. The van der Waals surface area contributed by atoms with Crippen LogP contribution in [-0.4, -0.2) is 50.2 Å². The number of nitrogens with zero attached hydrogens (tertiary/aromatic N) is 4. The number of hydrogen-bond donors (Lipinski definition) is 3. The summed E-state index contributed by atoms with van der Waals surface area (Å²) in [5.74, 6) is 0.341. The summed E-state index contributed by atoms with van der Waals surface area (Å²) >= 11 is 1.22. The van der Waals surface area contributed by atoms with Crippen molar-refractivity contribution in [3.05, 3.63) is 11.3 Å². The first-order valence-electron chi connectivity index (χ1n) is 6.76. The van der Waals surface area contributed by atoms with Gasteiger partial charge in [-0.15, -0.1) is 0 Å². The molecule has 0 radical (unpaired) electrons. The summed E-state index contributed by atoms with van der Waals surface area (Å²) in [6.07, 6.45) is 1.09. The number of aromatic nitrogens is 4. The number of pyridine rings is 1. The molecule has 116 valence electrons. The standard InChI is InChI=1S/C13H16N6O2S/c1-6(20)4-15-11(21)13-17-8-9-7(16-5-19(9)3)10(14-2)18-12(8)22-13/h5-6,20H,4H2,1-3H3,(H,14,18)(H,15,21). The molecule has 3 aromatic rings. The molecule has 1 amide bonds. The number of fused-ring (bicyclic) bond motifs is 3. The van der Waals surface area contributed by atoms with E-state index in [1.165, 1.54) is 11.3 Å². The molecule has 0 fully saturated rings. The van der Waals surface area contributed by atoms with Crippen molar-refractivity contribution in [3.8, 4) is 0 Å². The van der Waals surface area contributed by atoms with Gasteiger partial charge in [0.05, 0.1) is 12.4 Å². The largest absolute Gasteiger partial charge is 0.392 e. The van der Waals surface area contributed by atoms with Gasteiger partial charge in [-0.2, -0.15) is 0 Å². The highest BCUT2D eigenvalue weighted by Crippen LogP contribution is 2.30. The number of imidazole rings is 1. The van der Waals surface area contributed by atoms with E-state index < -0.39 is 6.10 Å². The Morgan fingerprint density at radius 3 is 2.91 bits per heavy atom. The maximum Gasteiger partial charge on any atom is 0.280 e. The molecule has 0 bridgehead atoms. The second-order valence-corrected chi connectivity index (χ2v) is 5.97. The molecule has 3 heterocycles. The molecule has 0 saturated heterocycles. The van der Waals surface area contributed by atoms with E-state index in [0.717, 1.165) is 11.0 Å². The van der Waals surface area contributed by atoms with Crippen molar-refractivity contribution in [3.63, 3.8) is 0 Å². The Morgan fingerprint density at radius 2 is 2.23 bits per heavy atom. The van der Waals surface area contributed by atoms with E-state index in [2.05, 4.69) is 25.6 Å². The van der Waals surface area contributed by atoms with E-state index in [9.17, 15) is 9.90 Å². The summed E-state index contributed by atoms with van der Waals surface area (Å²) in [5, 5.41) is 15.2. The second-order valence-electron chi connectivity index (χ2n) is 4.99. The van der Waals surface area contributed by atoms with Gasteiger partial charge in [0.15, 0.2) is 10.8 Å². The van der Waals surface area contributed by atoms with Crippen LogP contribution in [0.4, 0.5) is 5.82 Å². The van der Waals surface area contributed by atoms with E-state index in [-0.39, 0.29) is 12.5 Å². The topological polar surface area (TPSA) is 105 Å². The van der Waals surface area contributed by atoms with Crippen LogP contribution in [0.1, 0.15) is 16.7 Å². The second kappa shape index (κ2) is 5.50. The molecule has 22 heavy (non-hydrogen) atoms. The van der Waals surface area contributed by atoms with Gasteiger partial charge in [-0.1, -0.05) is 11.3 Å². The molecule has 0 aliphatic carbocycles. The fourth-order valence-corrected chi connectivity index (χ4v) is 3.03. The van der Waals surface area contributed by atoms with Crippen molar-refractivity contribution < 1.29 is 9.90 Å². The number of nitrogens with one attached hydrogen (secondary N) is 2. The predicted molar refractivity (Wildman–Crippen MR) is 85.2 cm³/mol. The Kier molecular flexibility index (Phi) is 3.67. The van der Waals surface area contributed by atoms with Crippen molar-refractivity contribution in [2.75, 3.05) is 18.9 Å². The number of thiazole rings is 1. The highest BCUT2D eigenvalue weighted by Gasteiger charge is 2.19. The zero-order valence-electron chi connectivity index (χ0n) is 12.4. The van der Waals surface area contributed by atoms with Crippen molar-refractivity contribution in [2.45, 2.75) is 13.0 Å². The zero-order valence-corrected chi connectivity index (χ0v) is 13.2. The Morgan fingerprint density at radius 1 is 1.45 bits per heavy atom. The van der Waals surface area contributed by atoms with Crippen LogP contribution in [0.25, 0.3) is 21.4 Å². The van der Waals surface area contributed by atoms with Gasteiger partial charge >= 0.3 is 0 Å². The van der Waals surface area contributed by atoms with Crippen LogP contribution in [0, 0.1) is 0 Å². The lowest BCUT2D eigenvalue weighted by atomic mass is 10.3. The van der Waals surface area contributed by atoms with Crippen molar-refractivity contribution >= 4 is 44.4 Å². The smallest absolute Gasteiger partial charge is 0.280 e. The van der Waals surface area contributed by atoms with Crippen LogP contribution < -0.4 is 10.6 Å². The average Bonchev–Trinajstić information content (AvgIpc) is 3.07. The van der Waals surface area contributed by atoms with E-state index in [1.807, 2.05) is 11.6 Å². The summed E-state index contributed by atoms with van der Waals surface area (Å²) < 4.78 is 1.86. The first-order chi connectivity index (χ1) is 10.5. The third-order valence-corrected chi connectivity index (χ3v) is 4.15. The lowest BCUT2D eigenvalue weighted by Crippen LogP contribution is -2.30.